The third-order valence-corrected chi connectivity index (χ3v) is 8.02. The topological polar surface area (TPSA) is 79.6 Å². The van der Waals surface area contributed by atoms with Crippen LogP contribution in [0.1, 0.15) is 43.6 Å². The average molecular weight is 505 g/mol. The minimum Gasteiger partial charge on any atom is -0.461 e. The van der Waals surface area contributed by atoms with Crippen LogP contribution in [-0.4, -0.2) is 28.4 Å². The molecule has 0 aliphatic carbocycles. The Morgan fingerprint density at radius 1 is 0.895 bits per heavy atom. The highest BCUT2D eigenvalue weighted by Gasteiger charge is 2.71. The first-order chi connectivity index (χ1) is 18.5. The number of amides is 1. The molecule has 7 heteroatoms. The Kier molecular flexibility index (Phi) is 4.79. The summed E-state index contributed by atoms with van der Waals surface area (Å²) in [6, 6.07) is 21.8. The number of anilines is 1. The Balaban J connectivity index is 1.56. The van der Waals surface area contributed by atoms with E-state index in [4.69, 9.17) is 4.42 Å². The Morgan fingerprint density at radius 3 is 2.47 bits per heavy atom. The number of nitrogens with one attached hydrogen (secondary N) is 1. The molecule has 1 fully saturated rings. The van der Waals surface area contributed by atoms with Crippen LogP contribution in [0.4, 0.5) is 10.1 Å². The SMILES string of the molecule is O=C(c1ccco1)[C@@H]1[C@H](C(=O)c2ccccc2F)[C@@]2(C(=O)Nc3ccccc32)[C@@H]2c3ccccc3C=CN12. The molecule has 3 aliphatic rings. The molecule has 4 aromatic rings. The number of halogens is 1. The molecule has 38 heavy (non-hydrogen) atoms. The van der Waals surface area contributed by atoms with Gasteiger partial charge in [0, 0.05) is 11.9 Å². The Morgan fingerprint density at radius 2 is 1.66 bits per heavy atom. The molecule has 4 heterocycles. The molecule has 1 spiro atoms. The van der Waals surface area contributed by atoms with Gasteiger partial charge in [-0.15, -0.1) is 0 Å². The molecule has 1 aromatic heterocycles. The minimum atomic E-state index is -1.51. The van der Waals surface area contributed by atoms with Gasteiger partial charge in [0.25, 0.3) is 0 Å². The zero-order valence-corrected chi connectivity index (χ0v) is 20.0. The first-order valence-electron chi connectivity index (χ1n) is 12.4. The van der Waals surface area contributed by atoms with Crippen molar-refractivity contribution in [3.63, 3.8) is 0 Å². The Labute approximate surface area is 217 Å². The van der Waals surface area contributed by atoms with Crippen molar-refractivity contribution in [2.24, 2.45) is 5.92 Å². The lowest BCUT2D eigenvalue weighted by Gasteiger charge is -2.38. The normalized spacial score (nSPS) is 24.6. The van der Waals surface area contributed by atoms with E-state index in [1.54, 1.807) is 35.4 Å². The van der Waals surface area contributed by atoms with Gasteiger partial charge in [0.05, 0.1) is 23.8 Å². The number of carbonyl (C=O) groups excluding carboxylic acids is 3. The van der Waals surface area contributed by atoms with Crippen LogP contribution in [0.2, 0.25) is 0 Å². The number of furan rings is 1. The standard InChI is InChI=1S/C31H21FN2O4/c32-22-12-5-3-10-20(22)27(35)25-26(28(36)24-14-7-17-38-24)34-16-15-18-8-1-2-9-19(18)29(34)31(25)21-11-4-6-13-23(21)33-30(31)37/h1-17,25-26,29H,(H,33,37)/t25-,26+,29+,31-/m1/s1. The van der Waals surface area contributed by atoms with Crippen LogP contribution in [0.25, 0.3) is 6.08 Å². The number of fused-ring (bicyclic) bond motifs is 6. The number of Topliss-reactive ketones (excluding diaryl/α,β-unsaturated/α-hetero) is 2. The minimum absolute atomic E-state index is 0.0658. The van der Waals surface area contributed by atoms with Crippen LogP contribution in [0.15, 0.2) is 102 Å². The number of rotatable bonds is 4. The van der Waals surface area contributed by atoms with Gasteiger partial charge in [0.15, 0.2) is 11.5 Å². The van der Waals surface area contributed by atoms with Gasteiger partial charge in [-0.2, -0.15) is 0 Å². The van der Waals surface area contributed by atoms with Crippen LogP contribution < -0.4 is 5.32 Å². The van der Waals surface area contributed by atoms with Crippen molar-refractivity contribution >= 4 is 29.2 Å². The van der Waals surface area contributed by atoms with Gasteiger partial charge in [-0.25, -0.2) is 4.39 Å². The van der Waals surface area contributed by atoms with Crippen LogP contribution in [-0.2, 0) is 10.2 Å². The zero-order chi connectivity index (χ0) is 26.0. The van der Waals surface area contributed by atoms with Gasteiger partial charge in [0.1, 0.15) is 17.3 Å². The fraction of sp³-hybridized carbons (Fsp3) is 0.129. The highest BCUT2D eigenvalue weighted by atomic mass is 19.1. The molecule has 0 saturated carbocycles. The van der Waals surface area contributed by atoms with Gasteiger partial charge in [-0.05, 0) is 53.1 Å². The predicted molar refractivity (Wildman–Crippen MR) is 138 cm³/mol. The molecule has 0 bridgehead atoms. The van der Waals surface area contributed by atoms with Crippen LogP contribution in [0.3, 0.4) is 0 Å². The molecule has 3 aromatic carbocycles. The number of ketones is 2. The number of benzene rings is 3. The first kappa shape index (κ1) is 22.4. The maximum absolute atomic E-state index is 15.1. The molecular weight excluding hydrogens is 483 g/mol. The molecule has 3 aliphatic heterocycles. The molecule has 6 nitrogen and oxygen atoms in total. The second-order valence-electron chi connectivity index (χ2n) is 9.77. The third kappa shape index (κ3) is 2.84. The molecule has 1 amide bonds. The molecular formula is C31H21FN2O4. The predicted octanol–water partition coefficient (Wildman–Crippen LogP) is 5.40. The fourth-order valence-electron chi connectivity index (χ4n) is 6.56. The maximum Gasteiger partial charge on any atom is 0.238 e. The number of para-hydroxylation sites is 1. The lowest BCUT2D eigenvalue weighted by atomic mass is 9.62. The Bertz CT molecular complexity index is 1660. The molecule has 4 atom stereocenters. The van der Waals surface area contributed by atoms with E-state index in [9.17, 15) is 14.4 Å². The van der Waals surface area contributed by atoms with E-state index in [-0.39, 0.29) is 11.3 Å². The highest BCUT2D eigenvalue weighted by Crippen LogP contribution is 2.62. The van der Waals surface area contributed by atoms with Gasteiger partial charge in [-0.3, -0.25) is 14.4 Å². The highest BCUT2D eigenvalue weighted by molar-refractivity contribution is 6.16. The second kappa shape index (κ2) is 8.11. The molecule has 0 radical (unpaired) electrons. The van der Waals surface area contributed by atoms with Gasteiger partial charge >= 0.3 is 0 Å². The van der Waals surface area contributed by atoms with Crippen molar-refractivity contribution in [1.82, 2.24) is 4.90 Å². The quantitative estimate of drug-likeness (QED) is 0.377. The van der Waals surface area contributed by atoms with E-state index in [0.717, 1.165) is 11.1 Å². The molecule has 0 unspecified atom stereocenters. The summed E-state index contributed by atoms with van der Waals surface area (Å²) in [7, 11) is 0. The number of nitrogens with zero attached hydrogens (tertiary/aromatic N) is 1. The second-order valence-corrected chi connectivity index (χ2v) is 9.77. The van der Waals surface area contributed by atoms with Crippen molar-refractivity contribution in [3.05, 3.63) is 131 Å². The summed E-state index contributed by atoms with van der Waals surface area (Å²) >= 11 is 0. The van der Waals surface area contributed by atoms with Crippen molar-refractivity contribution in [1.29, 1.82) is 0 Å². The summed E-state index contributed by atoms with van der Waals surface area (Å²) in [6.07, 6.45) is 5.03. The van der Waals surface area contributed by atoms with Crippen molar-refractivity contribution in [2.75, 3.05) is 5.32 Å². The Hall–Kier alpha value is -4.78. The molecule has 7 rings (SSSR count). The van der Waals surface area contributed by atoms with E-state index < -0.39 is 46.7 Å². The molecule has 1 N–H and O–H groups in total. The monoisotopic (exact) mass is 504 g/mol. The van der Waals surface area contributed by atoms with Crippen molar-refractivity contribution in [3.8, 4) is 0 Å². The van der Waals surface area contributed by atoms with Crippen LogP contribution >= 0.6 is 0 Å². The van der Waals surface area contributed by atoms with Crippen molar-refractivity contribution in [2.45, 2.75) is 17.5 Å². The summed E-state index contributed by atoms with van der Waals surface area (Å²) in [5.74, 6) is -3.35. The summed E-state index contributed by atoms with van der Waals surface area (Å²) < 4.78 is 20.6. The molecule has 1 saturated heterocycles. The largest absolute Gasteiger partial charge is 0.461 e. The lowest BCUT2D eigenvalue weighted by Crippen LogP contribution is -2.49. The zero-order valence-electron chi connectivity index (χ0n) is 20.0. The average Bonchev–Trinajstić information content (AvgIpc) is 3.65. The maximum atomic E-state index is 15.1. The third-order valence-electron chi connectivity index (χ3n) is 8.02. The van der Waals surface area contributed by atoms with E-state index in [1.165, 1.54) is 30.5 Å². The first-order valence-corrected chi connectivity index (χ1v) is 12.4. The van der Waals surface area contributed by atoms with E-state index >= 15 is 4.39 Å². The van der Waals surface area contributed by atoms with Crippen LogP contribution in [0, 0.1) is 11.7 Å². The van der Waals surface area contributed by atoms with Gasteiger partial charge in [-0.1, -0.05) is 54.6 Å². The molecule has 186 valence electrons. The lowest BCUT2D eigenvalue weighted by molar-refractivity contribution is -0.122. The number of carbonyl (C=O) groups is 3. The van der Waals surface area contributed by atoms with Gasteiger partial charge < -0.3 is 14.6 Å². The summed E-state index contributed by atoms with van der Waals surface area (Å²) in [5.41, 5.74) is 1.19. The summed E-state index contributed by atoms with van der Waals surface area (Å²) in [6.45, 7) is 0. The van der Waals surface area contributed by atoms with Crippen molar-refractivity contribution < 1.29 is 23.2 Å². The smallest absolute Gasteiger partial charge is 0.238 e. The number of hydrogen-bond donors (Lipinski definition) is 1. The summed E-state index contributed by atoms with van der Waals surface area (Å²) in [5, 5.41) is 2.97. The number of hydrogen-bond acceptors (Lipinski definition) is 5. The van der Waals surface area contributed by atoms with E-state index in [1.807, 2.05) is 42.5 Å². The van der Waals surface area contributed by atoms with E-state index in [0.29, 0.717) is 11.3 Å². The van der Waals surface area contributed by atoms with E-state index in [2.05, 4.69) is 5.32 Å². The van der Waals surface area contributed by atoms with Crippen LogP contribution in [0.5, 0.6) is 0 Å². The summed E-state index contributed by atoms with van der Waals surface area (Å²) in [4.78, 5) is 44.6. The van der Waals surface area contributed by atoms with Gasteiger partial charge in [0.2, 0.25) is 11.7 Å². The fourth-order valence-corrected chi connectivity index (χ4v) is 6.56.